The molecular formula is C9H9BrN2O. The van der Waals surface area contributed by atoms with Gasteiger partial charge in [0.05, 0.1) is 6.33 Å². The van der Waals surface area contributed by atoms with Crippen molar-refractivity contribution in [3.63, 3.8) is 0 Å². The van der Waals surface area contributed by atoms with Crippen molar-refractivity contribution in [1.82, 2.24) is 9.55 Å². The van der Waals surface area contributed by atoms with Crippen LogP contribution in [-0.2, 0) is 7.05 Å². The summed E-state index contributed by atoms with van der Waals surface area (Å²) >= 11 is 3.44. The average Bonchev–Trinajstić information content (AvgIpc) is 2.62. The number of imidazole rings is 1. The van der Waals surface area contributed by atoms with Gasteiger partial charge < -0.3 is 8.98 Å². The van der Waals surface area contributed by atoms with E-state index in [0.717, 1.165) is 21.8 Å². The average molecular weight is 241 g/mol. The highest BCUT2D eigenvalue weighted by molar-refractivity contribution is 9.10. The van der Waals surface area contributed by atoms with Crippen molar-refractivity contribution in [2.45, 2.75) is 6.92 Å². The number of aryl methyl sites for hydroxylation is 2. The van der Waals surface area contributed by atoms with Crippen LogP contribution in [-0.4, -0.2) is 9.55 Å². The lowest BCUT2D eigenvalue weighted by Gasteiger charge is -1.93. The molecule has 0 fully saturated rings. The molecule has 0 aromatic carbocycles. The predicted molar refractivity (Wildman–Crippen MR) is 53.3 cm³/mol. The second kappa shape index (κ2) is 3.03. The van der Waals surface area contributed by atoms with Gasteiger partial charge >= 0.3 is 0 Å². The van der Waals surface area contributed by atoms with Gasteiger partial charge in [0.25, 0.3) is 0 Å². The van der Waals surface area contributed by atoms with Gasteiger partial charge in [-0.1, -0.05) is 0 Å². The summed E-state index contributed by atoms with van der Waals surface area (Å²) < 4.78 is 8.29. The van der Waals surface area contributed by atoms with Crippen molar-refractivity contribution in [2.75, 3.05) is 0 Å². The third kappa shape index (κ3) is 1.42. The van der Waals surface area contributed by atoms with Crippen LogP contribution >= 0.6 is 15.9 Å². The Kier molecular flexibility index (Phi) is 2.00. The first-order valence-corrected chi connectivity index (χ1v) is 4.71. The minimum atomic E-state index is 0.796. The summed E-state index contributed by atoms with van der Waals surface area (Å²) in [4.78, 5) is 4.22. The third-order valence-electron chi connectivity index (χ3n) is 1.84. The Balaban J connectivity index is 2.52. The zero-order valence-electron chi connectivity index (χ0n) is 7.41. The van der Waals surface area contributed by atoms with Crippen molar-refractivity contribution < 1.29 is 4.42 Å². The van der Waals surface area contributed by atoms with Crippen LogP contribution in [0.2, 0.25) is 0 Å². The molecule has 0 unspecified atom stereocenters. The molecule has 0 bridgehead atoms. The molecule has 0 aliphatic rings. The fourth-order valence-electron chi connectivity index (χ4n) is 1.14. The number of furan rings is 1. The first-order chi connectivity index (χ1) is 6.18. The molecule has 2 aromatic heterocycles. The summed E-state index contributed by atoms with van der Waals surface area (Å²) in [5.41, 5.74) is 0.843. The summed E-state index contributed by atoms with van der Waals surface area (Å²) in [7, 11) is 1.93. The highest BCUT2D eigenvalue weighted by Crippen LogP contribution is 2.27. The van der Waals surface area contributed by atoms with Gasteiger partial charge in [0, 0.05) is 7.05 Å². The van der Waals surface area contributed by atoms with Gasteiger partial charge in [-0.05, 0) is 35.0 Å². The van der Waals surface area contributed by atoms with Crippen molar-refractivity contribution in [3.05, 3.63) is 28.8 Å². The maximum absolute atomic E-state index is 5.46. The van der Waals surface area contributed by atoms with Gasteiger partial charge in [0.2, 0.25) is 0 Å². The molecule has 0 atom stereocenters. The molecule has 0 saturated heterocycles. The molecule has 0 radical (unpaired) electrons. The molecule has 0 saturated carbocycles. The van der Waals surface area contributed by atoms with Crippen LogP contribution in [0.1, 0.15) is 5.76 Å². The van der Waals surface area contributed by atoms with E-state index in [1.54, 1.807) is 6.33 Å². The monoisotopic (exact) mass is 240 g/mol. The van der Waals surface area contributed by atoms with Gasteiger partial charge in [-0.3, -0.25) is 0 Å². The van der Waals surface area contributed by atoms with E-state index in [1.165, 1.54) is 0 Å². The second-order valence-corrected chi connectivity index (χ2v) is 3.66. The van der Waals surface area contributed by atoms with Crippen LogP contribution in [0.25, 0.3) is 11.5 Å². The highest BCUT2D eigenvalue weighted by atomic mass is 79.9. The topological polar surface area (TPSA) is 31.0 Å². The van der Waals surface area contributed by atoms with Gasteiger partial charge in [0.1, 0.15) is 16.1 Å². The van der Waals surface area contributed by atoms with E-state index in [9.17, 15) is 0 Å². The molecule has 0 N–H and O–H groups in total. The van der Waals surface area contributed by atoms with Crippen molar-refractivity contribution in [1.29, 1.82) is 0 Å². The molecule has 4 heteroatoms. The van der Waals surface area contributed by atoms with E-state index >= 15 is 0 Å². The van der Waals surface area contributed by atoms with Crippen molar-refractivity contribution in [3.8, 4) is 11.5 Å². The minimum Gasteiger partial charge on any atom is -0.460 e. The molecule has 0 aliphatic carbocycles. The first-order valence-electron chi connectivity index (χ1n) is 3.92. The van der Waals surface area contributed by atoms with E-state index in [1.807, 2.05) is 30.7 Å². The van der Waals surface area contributed by atoms with E-state index in [4.69, 9.17) is 4.42 Å². The largest absolute Gasteiger partial charge is 0.460 e. The fraction of sp³-hybridized carbons (Fsp3) is 0.222. The van der Waals surface area contributed by atoms with Gasteiger partial charge in [0.15, 0.2) is 5.76 Å². The Bertz CT molecular complexity index is 431. The van der Waals surface area contributed by atoms with E-state index in [0.29, 0.717) is 0 Å². The highest BCUT2D eigenvalue weighted by Gasteiger charge is 2.11. The Morgan fingerprint density at radius 2 is 2.23 bits per heavy atom. The quantitative estimate of drug-likeness (QED) is 0.768. The molecule has 2 rings (SSSR count). The summed E-state index contributed by atoms with van der Waals surface area (Å²) in [6.07, 6.45) is 1.75. The smallest absolute Gasteiger partial charge is 0.155 e. The Labute approximate surface area is 84.5 Å². The fourth-order valence-corrected chi connectivity index (χ4v) is 1.53. The van der Waals surface area contributed by atoms with Crippen LogP contribution in [0.4, 0.5) is 0 Å². The maximum atomic E-state index is 5.46. The van der Waals surface area contributed by atoms with Crippen LogP contribution in [0.3, 0.4) is 0 Å². The first kappa shape index (κ1) is 8.56. The summed E-state index contributed by atoms with van der Waals surface area (Å²) in [6, 6.07) is 3.85. The summed E-state index contributed by atoms with van der Waals surface area (Å²) in [5.74, 6) is 1.69. The zero-order valence-corrected chi connectivity index (χ0v) is 9.00. The normalized spacial score (nSPS) is 10.7. The summed E-state index contributed by atoms with van der Waals surface area (Å²) in [6.45, 7) is 1.92. The molecule has 0 spiro atoms. The molecule has 13 heavy (non-hydrogen) atoms. The van der Waals surface area contributed by atoms with Gasteiger partial charge in [-0.25, -0.2) is 4.98 Å². The Morgan fingerprint density at radius 3 is 2.69 bits per heavy atom. The number of hydrogen-bond acceptors (Lipinski definition) is 2. The molecule has 2 heterocycles. The Hall–Kier alpha value is -1.03. The number of halogens is 1. The molecule has 3 nitrogen and oxygen atoms in total. The number of aromatic nitrogens is 2. The van der Waals surface area contributed by atoms with Crippen LogP contribution < -0.4 is 0 Å². The number of rotatable bonds is 1. The number of hydrogen-bond donors (Lipinski definition) is 0. The van der Waals surface area contributed by atoms with Crippen LogP contribution in [0, 0.1) is 6.92 Å². The number of nitrogens with zero attached hydrogens (tertiary/aromatic N) is 2. The molecule has 0 amide bonds. The molecule has 2 aromatic rings. The van der Waals surface area contributed by atoms with E-state index < -0.39 is 0 Å². The van der Waals surface area contributed by atoms with Gasteiger partial charge in [-0.2, -0.15) is 0 Å². The standard InChI is InChI=1S/C9H9BrN2O/c1-6-3-4-7(13-6)8-9(10)12(2)5-11-8/h3-5H,1-2H3. The molecule has 68 valence electrons. The third-order valence-corrected chi connectivity index (χ3v) is 2.77. The second-order valence-electron chi connectivity index (χ2n) is 2.91. The van der Waals surface area contributed by atoms with E-state index in [-0.39, 0.29) is 0 Å². The van der Waals surface area contributed by atoms with E-state index in [2.05, 4.69) is 20.9 Å². The van der Waals surface area contributed by atoms with Crippen LogP contribution in [0.5, 0.6) is 0 Å². The SMILES string of the molecule is Cc1ccc(-c2ncn(C)c2Br)o1. The lowest BCUT2D eigenvalue weighted by Crippen LogP contribution is -1.83. The minimum absolute atomic E-state index is 0.796. The molecular weight excluding hydrogens is 232 g/mol. The maximum Gasteiger partial charge on any atom is 0.155 e. The molecule has 0 aliphatic heterocycles. The summed E-state index contributed by atoms with van der Waals surface area (Å²) in [5, 5.41) is 0. The lowest BCUT2D eigenvalue weighted by atomic mass is 10.3. The van der Waals surface area contributed by atoms with Crippen molar-refractivity contribution in [2.24, 2.45) is 7.05 Å². The lowest BCUT2D eigenvalue weighted by molar-refractivity contribution is 0.546. The zero-order chi connectivity index (χ0) is 9.42. The van der Waals surface area contributed by atoms with Crippen molar-refractivity contribution >= 4 is 15.9 Å². The predicted octanol–water partition coefficient (Wildman–Crippen LogP) is 2.75. The Morgan fingerprint density at radius 1 is 1.46 bits per heavy atom. The van der Waals surface area contributed by atoms with Gasteiger partial charge in [-0.15, -0.1) is 0 Å². The van der Waals surface area contributed by atoms with Crippen LogP contribution in [0.15, 0.2) is 27.5 Å².